The van der Waals surface area contributed by atoms with E-state index < -0.39 is 11.7 Å². The topological polar surface area (TPSA) is 62.1 Å². The average molecular weight is 336 g/mol. The van der Waals surface area contributed by atoms with Crippen molar-refractivity contribution in [1.82, 2.24) is 0 Å². The minimum atomic E-state index is -0.536. The highest BCUT2D eigenvalue weighted by atomic mass is 19.1. The Hall–Kier alpha value is -3.13. The molecule has 5 heteroatoms. The van der Waals surface area contributed by atoms with Crippen LogP contribution >= 0.6 is 0 Å². The average Bonchev–Trinajstić information content (AvgIpc) is 2.87. The van der Waals surface area contributed by atoms with Crippen molar-refractivity contribution in [2.24, 2.45) is 0 Å². The zero-order chi connectivity index (χ0) is 18.0. The van der Waals surface area contributed by atoms with Gasteiger partial charge >= 0.3 is 0 Å². The van der Waals surface area contributed by atoms with Crippen LogP contribution in [0.25, 0.3) is 6.08 Å². The summed E-state index contributed by atoms with van der Waals surface area (Å²) in [6.07, 6.45) is 2.30. The number of amides is 1. The molecule has 2 aromatic carbocycles. The van der Waals surface area contributed by atoms with E-state index in [1.54, 1.807) is 0 Å². The fraction of sp³-hybridized carbons (Fsp3) is 0.200. The fourth-order valence-electron chi connectivity index (χ4n) is 2.77. The summed E-state index contributed by atoms with van der Waals surface area (Å²) >= 11 is 0. The van der Waals surface area contributed by atoms with E-state index in [9.17, 15) is 14.4 Å². The Kier molecular flexibility index (Phi) is 4.28. The van der Waals surface area contributed by atoms with Crippen LogP contribution in [0.5, 0.6) is 5.75 Å². The van der Waals surface area contributed by atoms with Gasteiger partial charge in [0, 0.05) is 12.1 Å². The number of nitriles is 1. The van der Waals surface area contributed by atoms with E-state index in [0.29, 0.717) is 5.69 Å². The van der Waals surface area contributed by atoms with Crippen LogP contribution in [0, 0.1) is 17.1 Å². The van der Waals surface area contributed by atoms with Crippen LogP contribution in [0.4, 0.5) is 10.1 Å². The Morgan fingerprint density at radius 2 is 2.00 bits per heavy atom. The highest BCUT2D eigenvalue weighted by molar-refractivity contribution is 6.09. The van der Waals surface area contributed by atoms with E-state index in [-0.39, 0.29) is 11.2 Å². The van der Waals surface area contributed by atoms with Gasteiger partial charge < -0.3 is 10.1 Å². The third kappa shape index (κ3) is 3.86. The molecular formula is C20H17FN2O2. The monoisotopic (exact) mass is 336 g/mol. The molecule has 1 aliphatic heterocycles. The van der Waals surface area contributed by atoms with E-state index in [0.717, 1.165) is 23.3 Å². The Balaban J connectivity index is 1.80. The third-order valence-electron chi connectivity index (χ3n) is 3.87. The number of benzene rings is 2. The van der Waals surface area contributed by atoms with Crippen molar-refractivity contribution in [2.45, 2.75) is 25.9 Å². The van der Waals surface area contributed by atoms with E-state index in [4.69, 9.17) is 4.74 Å². The van der Waals surface area contributed by atoms with Gasteiger partial charge in [-0.15, -0.1) is 0 Å². The second-order valence-corrected chi connectivity index (χ2v) is 6.54. The SMILES string of the molecule is CC1(C)Cc2cc(/C=C(\C#N)C(=O)Nc3ccc(F)cc3)ccc2O1. The maximum Gasteiger partial charge on any atom is 0.266 e. The first-order chi connectivity index (χ1) is 11.9. The van der Waals surface area contributed by atoms with Crippen LogP contribution in [0.2, 0.25) is 0 Å². The summed E-state index contributed by atoms with van der Waals surface area (Å²) in [5, 5.41) is 11.9. The Labute approximate surface area is 145 Å². The van der Waals surface area contributed by atoms with Gasteiger partial charge in [-0.05, 0) is 67.4 Å². The number of hydrogen-bond acceptors (Lipinski definition) is 3. The zero-order valence-corrected chi connectivity index (χ0v) is 14.0. The minimum Gasteiger partial charge on any atom is -0.487 e. The predicted octanol–water partition coefficient (Wildman–Crippen LogP) is 4.08. The maximum absolute atomic E-state index is 12.9. The van der Waals surface area contributed by atoms with Gasteiger partial charge in [0.15, 0.2) is 0 Å². The minimum absolute atomic E-state index is 0.0255. The molecule has 0 fully saturated rings. The van der Waals surface area contributed by atoms with Crippen molar-refractivity contribution in [3.05, 3.63) is 65.0 Å². The number of halogens is 1. The highest BCUT2D eigenvalue weighted by Gasteiger charge is 2.29. The molecule has 0 saturated heterocycles. The van der Waals surface area contributed by atoms with Crippen LogP contribution in [-0.2, 0) is 11.2 Å². The summed E-state index contributed by atoms with van der Waals surface area (Å²) < 4.78 is 18.7. The summed E-state index contributed by atoms with van der Waals surface area (Å²) in [6, 6.07) is 12.9. The lowest BCUT2D eigenvalue weighted by Crippen LogP contribution is -2.24. The normalized spacial score (nSPS) is 15.0. The van der Waals surface area contributed by atoms with Gasteiger partial charge in [0.2, 0.25) is 0 Å². The van der Waals surface area contributed by atoms with E-state index >= 15 is 0 Å². The predicted molar refractivity (Wildman–Crippen MR) is 93.5 cm³/mol. The number of nitrogens with one attached hydrogen (secondary N) is 1. The number of carbonyl (C=O) groups excluding carboxylic acids is 1. The first kappa shape index (κ1) is 16.7. The van der Waals surface area contributed by atoms with Crippen molar-refractivity contribution >= 4 is 17.7 Å². The van der Waals surface area contributed by atoms with Gasteiger partial charge in [0.25, 0.3) is 5.91 Å². The van der Waals surface area contributed by atoms with Gasteiger partial charge in [-0.25, -0.2) is 4.39 Å². The molecule has 3 rings (SSSR count). The van der Waals surface area contributed by atoms with Crippen molar-refractivity contribution in [3.63, 3.8) is 0 Å². The van der Waals surface area contributed by atoms with E-state index in [1.807, 2.05) is 38.1 Å². The molecule has 0 aliphatic carbocycles. The standard InChI is InChI=1S/C20H17FN2O2/c1-20(2)11-14-9-13(3-8-18(14)25-20)10-15(12-22)19(24)23-17-6-4-16(21)5-7-17/h3-10H,11H2,1-2H3,(H,23,24)/b15-10+. The molecule has 0 unspecified atom stereocenters. The summed E-state index contributed by atoms with van der Waals surface area (Å²) in [5.41, 5.74) is 1.96. The zero-order valence-electron chi connectivity index (χ0n) is 14.0. The van der Waals surface area contributed by atoms with Gasteiger partial charge in [-0.3, -0.25) is 4.79 Å². The molecule has 1 N–H and O–H groups in total. The van der Waals surface area contributed by atoms with Gasteiger partial charge in [-0.1, -0.05) is 6.07 Å². The molecule has 0 saturated carbocycles. The van der Waals surface area contributed by atoms with Crippen LogP contribution in [0.1, 0.15) is 25.0 Å². The summed E-state index contributed by atoms with van der Waals surface area (Å²) in [5.74, 6) is -0.0973. The number of fused-ring (bicyclic) bond motifs is 1. The van der Waals surface area contributed by atoms with Crippen molar-refractivity contribution in [2.75, 3.05) is 5.32 Å². The molecule has 1 heterocycles. The summed E-state index contributed by atoms with van der Waals surface area (Å²) in [6.45, 7) is 4.03. The molecule has 0 spiro atoms. The van der Waals surface area contributed by atoms with Gasteiger partial charge in [0.05, 0.1) is 0 Å². The van der Waals surface area contributed by atoms with E-state index in [1.165, 1.54) is 30.3 Å². The maximum atomic E-state index is 12.9. The second-order valence-electron chi connectivity index (χ2n) is 6.54. The molecule has 0 atom stereocenters. The largest absolute Gasteiger partial charge is 0.487 e. The second kappa shape index (κ2) is 6.40. The number of hydrogen-bond donors (Lipinski definition) is 1. The van der Waals surface area contributed by atoms with Crippen LogP contribution in [-0.4, -0.2) is 11.5 Å². The number of anilines is 1. The van der Waals surface area contributed by atoms with Crippen molar-refractivity contribution in [3.8, 4) is 11.8 Å². The van der Waals surface area contributed by atoms with E-state index in [2.05, 4.69) is 5.32 Å². The summed E-state index contributed by atoms with van der Waals surface area (Å²) in [4.78, 5) is 12.2. The molecule has 25 heavy (non-hydrogen) atoms. The molecule has 4 nitrogen and oxygen atoms in total. The summed E-state index contributed by atoms with van der Waals surface area (Å²) in [7, 11) is 0. The van der Waals surface area contributed by atoms with Crippen LogP contribution < -0.4 is 10.1 Å². The molecule has 0 radical (unpaired) electrons. The lowest BCUT2D eigenvalue weighted by Gasteiger charge is -2.16. The lowest BCUT2D eigenvalue weighted by molar-refractivity contribution is -0.112. The molecule has 1 amide bonds. The quantitative estimate of drug-likeness (QED) is 0.678. The number of nitrogens with zero attached hydrogens (tertiary/aromatic N) is 1. The van der Waals surface area contributed by atoms with Gasteiger partial charge in [0.1, 0.15) is 28.8 Å². The first-order valence-electron chi connectivity index (χ1n) is 7.87. The fourth-order valence-corrected chi connectivity index (χ4v) is 2.77. The van der Waals surface area contributed by atoms with Crippen LogP contribution in [0.15, 0.2) is 48.0 Å². The number of ether oxygens (including phenoxy) is 1. The third-order valence-corrected chi connectivity index (χ3v) is 3.87. The smallest absolute Gasteiger partial charge is 0.266 e. The molecule has 126 valence electrons. The molecule has 0 aromatic heterocycles. The van der Waals surface area contributed by atoms with Crippen LogP contribution in [0.3, 0.4) is 0 Å². The lowest BCUT2D eigenvalue weighted by atomic mass is 9.99. The molecule has 0 bridgehead atoms. The van der Waals surface area contributed by atoms with Gasteiger partial charge in [-0.2, -0.15) is 5.26 Å². The number of rotatable bonds is 3. The number of carbonyl (C=O) groups is 1. The Morgan fingerprint density at radius 3 is 2.68 bits per heavy atom. The molecule has 1 aliphatic rings. The highest BCUT2D eigenvalue weighted by Crippen LogP contribution is 2.35. The Morgan fingerprint density at radius 1 is 1.28 bits per heavy atom. The van der Waals surface area contributed by atoms with Crippen molar-refractivity contribution < 1.29 is 13.9 Å². The Bertz CT molecular complexity index is 893. The molecule has 2 aromatic rings. The molecular weight excluding hydrogens is 319 g/mol. The first-order valence-corrected chi connectivity index (χ1v) is 7.87. The van der Waals surface area contributed by atoms with Crippen molar-refractivity contribution in [1.29, 1.82) is 5.26 Å².